The fourth-order valence-corrected chi connectivity index (χ4v) is 5.58. The molecule has 0 saturated carbocycles. The van der Waals surface area contributed by atoms with Crippen molar-refractivity contribution in [3.05, 3.63) is 53.0 Å². The van der Waals surface area contributed by atoms with Gasteiger partial charge in [0.15, 0.2) is 5.13 Å². The molecule has 1 amide bonds. The summed E-state index contributed by atoms with van der Waals surface area (Å²) in [5, 5.41) is 4.83. The lowest BCUT2D eigenvalue weighted by molar-refractivity contribution is 0.187. The number of hydrogen-bond acceptors (Lipinski definition) is 6. The molecular weight excluding hydrogens is 386 g/mol. The third kappa shape index (κ3) is 3.41. The number of sulfonamides is 1. The molecule has 2 heterocycles. The molecule has 1 N–H and O–H groups in total. The van der Waals surface area contributed by atoms with Crippen molar-refractivity contribution in [3.63, 3.8) is 0 Å². The number of nitrogens with zero attached hydrogens (tertiary/aromatic N) is 2. The highest BCUT2D eigenvalue weighted by atomic mass is 32.2. The number of carbonyl (C=O) groups is 1. The summed E-state index contributed by atoms with van der Waals surface area (Å²) in [4.78, 5) is 16.8. The highest BCUT2D eigenvalue weighted by molar-refractivity contribution is 7.89. The van der Waals surface area contributed by atoms with Crippen LogP contribution in [0.3, 0.4) is 0 Å². The van der Waals surface area contributed by atoms with Crippen LogP contribution >= 0.6 is 11.3 Å². The monoisotopic (exact) mass is 403 g/mol. The van der Waals surface area contributed by atoms with Crippen LogP contribution in [0.2, 0.25) is 0 Å². The molecule has 0 atom stereocenters. The van der Waals surface area contributed by atoms with E-state index in [9.17, 15) is 13.2 Å². The van der Waals surface area contributed by atoms with E-state index in [-0.39, 0.29) is 11.4 Å². The molecule has 1 aromatic heterocycles. The van der Waals surface area contributed by atoms with Crippen molar-refractivity contribution in [2.75, 3.05) is 19.0 Å². The second-order valence-electron chi connectivity index (χ2n) is 6.10. The number of ether oxygens (including phenoxy) is 1. The Balaban J connectivity index is 1.60. The number of fused-ring (bicyclic) bond motifs is 2. The predicted molar refractivity (Wildman–Crippen MR) is 103 cm³/mol. The van der Waals surface area contributed by atoms with Crippen LogP contribution in [-0.4, -0.2) is 37.5 Å². The van der Waals surface area contributed by atoms with Gasteiger partial charge in [0.25, 0.3) is 0 Å². The van der Waals surface area contributed by atoms with Gasteiger partial charge in [0.2, 0.25) is 10.0 Å². The lowest BCUT2D eigenvalue weighted by Crippen LogP contribution is -2.35. The number of methoxy groups -OCH3 is 1. The van der Waals surface area contributed by atoms with E-state index in [0.717, 1.165) is 21.3 Å². The van der Waals surface area contributed by atoms with Crippen LogP contribution in [0.5, 0.6) is 0 Å². The molecule has 0 aliphatic carbocycles. The van der Waals surface area contributed by atoms with Crippen molar-refractivity contribution >= 4 is 43.4 Å². The standard InChI is InChI=1S/C18H17N3O4S2/c1-25-18(22)20-17-19-15-8-9-21(11-16(15)26-17)27(23,24)14-7-6-12-4-2-3-5-13(12)10-14/h2-7,10H,8-9,11H2,1H3,(H,19,20,22). The van der Waals surface area contributed by atoms with Crippen molar-refractivity contribution in [2.45, 2.75) is 17.9 Å². The summed E-state index contributed by atoms with van der Waals surface area (Å²) >= 11 is 1.27. The van der Waals surface area contributed by atoms with Crippen LogP contribution in [0.25, 0.3) is 10.8 Å². The molecule has 3 aromatic rings. The Labute approximate surface area is 160 Å². The minimum absolute atomic E-state index is 0.241. The molecule has 140 valence electrons. The third-order valence-electron chi connectivity index (χ3n) is 4.45. The Morgan fingerprint density at radius 2 is 2.00 bits per heavy atom. The van der Waals surface area contributed by atoms with E-state index in [0.29, 0.717) is 18.1 Å². The zero-order valence-electron chi connectivity index (χ0n) is 14.5. The van der Waals surface area contributed by atoms with Crippen LogP contribution in [-0.2, 0) is 27.7 Å². The second kappa shape index (κ2) is 6.91. The Kier molecular flexibility index (Phi) is 4.58. The van der Waals surface area contributed by atoms with Gasteiger partial charge in [0.1, 0.15) is 0 Å². The van der Waals surface area contributed by atoms with Crippen LogP contribution in [0.4, 0.5) is 9.93 Å². The maximum absolute atomic E-state index is 13.1. The zero-order valence-corrected chi connectivity index (χ0v) is 16.1. The van der Waals surface area contributed by atoms with Gasteiger partial charge >= 0.3 is 6.09 Å². The largest absolute Gasteiger partial charge is 0.453 e. The summed E-state index contributed by atoms with van der Waals surface area (Å²) in [7, 11) is -2.34. The molecule has 0 saturated heterocycles. The molecule has 0 spiro atoms. The SMILES string of the molecule is COC(=O)Nc1nc2c(s1)CN(S(=O)(=O)c1ccc3ccccc3c1)CC2. The highest BCUT2D eigenvalue weighted by Crippen LogP contribution is 2.31. The fourth-order valence-electron chi connectivity index (χ4n) is 3.05. The molecular formula is C18H17N3O4S2. The molecule has 1 aliphatic heterocycles. The second-order valence-corrected chi connectivity index (χ2v) is 9.12. The molecule has 0 fully saturated rings. The third-order valence-corrected chi connectivity index (χ3v) is 7.29. The summed E-state index contributed by atoms with van der Waals surface area (Å²) in [6.07, 6.45) is -0.0941. The van der Waals surface area contributed by atoms with Crippen LogP contribution in [0.1, 0.15) is 10.6 Å². The van der Waals surface area contributed by atoms with E-state index in [1.54, 1.807) is 12.1 Å². The summed E-state index contributed by atoms with van der Waals surface area (Å²) in [6, 6.07) is 12.8. The van der Waals surface area contributed by atoms with Crippen LogP contribution in [0.15, 0.2) is 47.4 Å². The lowest BCUT2D eigenvalue weighted by Gasteiger charge is -2.25. The number of rotatable bonds is 3. The molecule has 4 rings (SSSR count). The number of carbonyl (C=O) groups excluding carboxylic acids is 1. The number of thiazole rings is 1. The van der Waals surface area contributed by atoms with E-state index < -0.39 is 16.1 Å². The quantitative estimate of drug-likeness (QED) is 0.725. The first-order chi connectivity index (χ1) is 13.0. The summed E-state index contributed by atoms with van der Waals surface area (Å²) in [5.74, 6) is 0. The first-order valence-corrected chi connectivity index (χ1v) is 10.6. The van der Waals surface area contributed by atoms with Crippen molar-refractivity contribution in [3.8, 4) is 0 Å². The molecule has 7 nitrogen and oxygen atoms in total. The van der Waals surface area contributed by atoms with Crippen molar-refractivity contribution in [1.29, 1.82) is 0 Å². The zero-order chi connectivity index (χ0) is 19.0. The Morgan fingerprint density at radius 1 is 1.22 bits per heavy atom. The first-order valence-electron chi connectivity index (χ1n) is 8.30. The number of hydrogen-bond donors (Lipinski definition) is 1. The van der Waals surface area contributed by atoms with E-state index in [2.05, 4.69) is 15.0 Å². The summed E-state index contributed by atoms with van der Waals surface area (Å²) in [5.41, 5.74) is 0.816. The smallest absolute Gasteiger partial charge is 0.413 e. The summed E-state index contributed by atoms with van der Waals surface area (Å²) in [6.45, 7) is 0.592. The number of amides is 1. The molecule has 27 heavy (non-hydrogen) atoms. The van der Waals surface area contributed by atoms with Gasteiger partial charge in [-0.1, -0.05) is 41.7 Å². The molecule has 0 bridgehead atoms. The minimum Gasteiger partial charge on any atom is -0.453 e. The van der Waals surface area contributed by atoms with Gasteiger partial charge < -0.3 is 4.74 Å². The van der Waals surface area contributed by atoms with Gasteiger partial charge in [-0.3, -0.25) is 5.32 Å². The van der Waals surface area contributed by atoms with Crippen molar-refractivity contribution in [1.82, 2.24) is 9.29 Å². The van der Waals surface area contributed by atoms with Crippen molar-refractivity contribution < 1.29 is 17.9 Å². The van der Waals surface area contributed by atoms with Gasteiger partial charge in [0, 0.05) is 17.8 Å². The molecule has 1 aliphatic rings. The maximum atomic E-state index is 13.1. The van der Waals surface area contributed by atoms with E-state index >= 15 is 0 Å². The van der Waals surface area contributed by atoms with E-state index in [4.69, 9.17) is 0 Å². The van der Waals surface area contributed by atoms with Gasteiger partial charge in [-0.25, -0.2) is 18.2 Å². The molecule has 0 radical (unpaired) electrons. The fraction of sp³-hybridized carbons (Fsp3) is 0.222. The van der Waals surface area contributed by atoms with Crippen LogP contribution in [0, 0.1) is 0 Å². The van der Waals surface area contributed by atoms with Gasteiger partial charge in [-0.15, -0.1) is 0 Å². The maximum Gasteiger partial charge on any atom is 0.413 e. The van der Waals surface area contributed by atoms with Crippen molar-refractivity contribution in [2.24, 2.45) is 0 Å². The number of anilines is 1. The van der Waals surface area contributed by atoms with Gasteiger partial charge in [0.05, 0.1) is 24.2 Å². The Bertz CT molecular complexity index is 1120. The van der Waals surface area contributed by atoms with E-state index in [1.807, 2.05) is 30.3 Å². The number of aromatic nitrogens is 1. The topological polar surface area (TPSA) is 88.6 Å². The predicted octanol–water partition coefficient (Wildman–Crippen LogP) is 3.22. The normalized spacial score (nSPS) is 14.7. The average molecular weight is 403 g/mol. The Morgan fingerprint density at radius 3 is 2.78 bits per heavy atom. The van der Waals surface area contributed by atoms with Crippen LogP contribution < -0.4 is 5.32 Å². The average Bonchev–Trinajstić information content (AvgIpc) is 3.08. The van der Waals surface area contributed by atoms with Gasteiger partial charge in [-0.2, -0.15) is 4.31 Å². The molecule has 9 heteroatoms. The lowest BCUT2D eigenvalue weighted by atomic mass is 10.1. The number of nitrogens with one attached hydrogen (secondary N) is 1. The highest BCUT2D eigenvalue weighted by Gasteiger charge is 2.30. The Hall–Kier alpha value is -2.49. The van der Waals surface area contributed by atoms with Gasteiger partial charge in [-0.05, 0) is 22.9 Å². The molecule has 2 aromatic carbocycles. The summed E-state index contributed by atoms with van der Waals surface area (Å²) < 4.78 is 32.2. The minimum atomic E-state index is -3.61. The number of benzene rings is 2. The van der Waals surface area contributed by atoms with E-state index in [1.165, 1.54) is 22.8 Å². The molecule has 0 unspecified atom stereocenters. The first kappa shape index (κ1) is 17.9.